The first-order chi connectivity index (χ1) is 12.3. The van der Waals surface area contributed by atoms with Gasteiger partial charge in [0.05, 0.1) is 17.0 Å². The Hall–Kier alpha value is -2.91. The molecule has 1 heterocycles. The van der Waals surface area contributed by atoms with Gasteiger partial charge in [0.15, 0.2) is 11.9 Å². The zero-order valence-electron chi connectivity index (χ0n) is 13.4. The van der Waals surface area contributed by atoms with Crippen molar-refractivity contribution in [2.45, 2.75) is 17.2 Å². The maximum Gasteiger partial charge on any atom is 0.364 e. The molecule has 3 rings (SSSR count). The van der Waals surface area contributed by atoms with E-state index >= 15 is 0 Å². The molecule has 1 N–H and O–H groups in total. The first-order valence-electron chi connectivity index (χ1n) is 7.40. The minimum Gasteiger partial charge on any atom is -0.490 e. The van der Waals surface area contributed by atoms with Crippen LogP contribution in [0.25, 0.3) is 0 Å². The van der Waals surface area contributed by atoms with E-state index in [0.29, 0.717) is 0 Å². The van der Waals surface area contributed by atoms with Gasteiger partial charge in [-0.05, 0) is 23.7 Å². The summed E-state index contributed by atoms with van der Waals surface area (Å²) in [6.07, 6.45) is -3.15. The number of methoxy groups -OCH3 is 1. The molecule has 1 aliphatic heterocycles. The van der Waals surface area contributed by atoms with Crippen LogP contribution in [0, 0.1) is 20.2 Å². The van der Waals surface area contributed by atoms with Crippen molar-refractivity contribution in [1.82, 2.24) is 0 Å². The highest BCUT2D eigenvalue weighted by Gasteiger charge is 2.61. The molecule has 10 heteroatoms. The number of nitro benzene ring substituents is 1. The fourth-order valence-corrected chi connectivity index (χ4v) is 3.18. The van der Waals surface area contributed by atoms with Gasteiger partial charge < -0.3 is 14.6 Å². The van der Waals surface area contributed by atoms with Gasteiger partial charge in [-0.25, -0.2) is 0 Å². The number of ether oxygens (including phenoxy) is 2. The molecule has 26 heavy (non-hydrogen) atoms. The minimum atomic E-state index is -2.46. The number of hydrogen-bond donors (Lipinski definition) is 1. The zero-order chi connectivity index (χ0) is 19.1. The van der Waals surface area contributed by atoms with Crippen molar-refractivity contribution in [2.75, 3.05) is 7.11 Å². The number of nitrogens with zero attached hydrogens (tertiary/aromatic N) is 2. The molecule has 0 spiro atoms. The highest BCUT2D eigenvalue weighted by atomic mass is 35.5. The van der Waals surface area contributed by atoms with Crippen molar-refractivity contribution in [2.24, 2.45) is 0 Å². The summed E-state index contributed by atoms with van der Waals surface area (Å²) in [6.45, 7) is 0. The Balaban J connectivity index is 2.18. The monoisotopic (exact) mass is 380 g/mol. The number of benzene rings is 2. The van der Waals surface area contributed by atoms with Crippen molar-refractivity contribution in [3.63, 3.8) is 0 Å². The smallest absolute Gasteiger partial charge is 0.364 e. The van der Waals surface area contributed by atoms with Gasteiger partial charge in [0.1, 0.15) is 5.75 Å². The third-order valence-corrected chi connectivity index (χ3v) is 4.73. The van der Waals surface area contributed by atoms with Crippen LogP contribution < -0.4 is 9.47 Å². The lowest BCUT2D eigenvalue weighted by molar-refractivity contribution is -0.570. The molecule has 0 bridgehead atoms. The summed E-state index contributed by atoms with van der Waals surface area (Å²) in [7, 11) is 1.27. The molecule has 9 nitrogen and oxygen atoms in total. The SMILES string of the molecule is COc1ccc([C@@H]2Oc3ccccc3[C@H](O)[C@@]2(Cl)[N+](=O)[O-])cc1[N+](=O)[O-]. The topological polar surface area (TPSA) is 125 Å². The third kappa shape index (κ3) is 2.61. The number of nitro groups is 2. The summed E-state index contributed by atoms with van der Waals surface area (Å²) in [5.74, 6) is 0.193. The summed E-state index contributed by atoms with van der Waals surface area (Å²) in [5.41, 5.74) is -0.166. The van der Waals surface area contributed by atoms with E-state index in [1.54, 1.807) is 12.1 Å². The number of alkyl halides is 1. The van der Waals surface area contributed by atoms with Gasteiger partial charge in [-0.1, -0.05) is 24.3 Å². The Labute approximate surface area is 152 Å². The number of fused-ring (bicyclic) bond motifs is 1. The lowest BCUT2D eigenvalue weighted by Crippen LogP contribution is -2.49. The molecule has 0 saturated carbocycles. The van der Waals surface area contributed by atoms with E-state index in [9.17, 15) is 25.3 Å². The van der Waals surface area contributed by atoms with Crippen LogP contribution in [0.2, 0.25) is 0 Å². The summed E-state index contributed by atoms with van der Waals surface area (Å²) < 4.78 is 10.6. The van der Waals surface area contributed by atoms with Crippen molar-refractivity contribution < 1.29 is 24.4 Å². The molecular weight excluding hydrogens is 368 g/mol. The molecule has 0 aromatic heterocycles. The molecule has 0 aliphatic carbocycles. The van der Waals surface area contributed by atoms with Gasteiger partial charge >= 0.3 is 10.7 Å². The second-order valence-corrected chi connectivity index (χ2v) is 6.22. The number of hydrogen-bond acceptors (Lipinski definition) is 7. The molecule has 2 aromatic carbocycles. The molecule has 136 valence electrons. The average molecular weight is 381 g/mol. The Morgan fingerprint density at radius 2 is 1.92 bits per heavy atom. The summed E-state index contributed by atoms with van der Waals surface area (Å²) in [6, 6.07) is 9.96. The van der Waals surface area contributed by atoms with Crippen LogP contribution in [0.4, 0.5) is 5.69 Å². The third-order valence-electron chi connectivity index (χ3n) is 4.19. The van der Waals surface area contributed by atoms with Crippen molar-refractivity contribution >= 4 is 17.3 Å². The zero-order valence-corrected chi connectivity index (χ0v) is 14.1. The molecule has 0 radical (unpaired) electrons. The maximum atomic E-state index is 11.7. The van der Waals surface area contributed by atoms with Gasteiger partial charge in [0.25, 0.3) is 0 Å². The predicted molar refractivity (Wildman–Crippen MR) is 90.0 cm³/mol. The fourth-order valence-electron chi connectivity index (χ4n) is 2.89. The van der Waals surface area contributed by atoms with E-state index in [0.717, 1.165) is 6.07 Å². The van der Waals surface area contributed by atoms with Gasteiger partial charge in [-0.2, -0.15) is 0 Å². The average Bonchev–Trinajstić information content (AvgIpc) is 2.63. The van der Waals surface area contributed by atoms with Crippen LogP contribution in [0.15, 0.2) is 42.5 Å². The molecular formula is C16H13ClN2O7. The molecule has 0 amide bonds. The van der Waals surface area contributed by atoms with Crippen LogP contribution in [0.3, 0.4) is 0 Å². The highest BCUT2D eigenvalue weighted by Crippen LogP contribution is 2.52. The first-order valence-corrected chi connectivity index (χ1v) is 7.77. The summed E-state index contributed by atoms with van der Waals surface area (Å²) in [4.78, 5) is 18.9. The lowest BCUT2D eigenvalue weighted by atomic mass is 9.89. The summed E-state index contributed by atoms with van der Waals surface area (Å²) >= 11 is 6.22. The van der Waals surface area contributed by atoms with Crippen LogP contribution in [-0.4, -0.2) is 27.1 Å². The van der Waals surface area contributed by atoms with E-state index in [2.05, 4.69) is 0 Å². The first kappa shape index (κ1) is 17.9. The van der Waals surface area contributed by atoms with Gasteiger partial charge in [-0.3, -0.25) is 20.2 Å². The van der Waals surface area contributed by atoms with Crippen molar-refractivity contribution in [1.29, 1.82) is 0 Å². The Bertz CT molecular complexity index is 891. The number of aliphatic hydroxyl groups excluding tert-OH is 1. The van der Waals surface area contributed by atoms with Crippen LogP contribution in [0.5, 0.6) is 11.5 Å². The van der Waals surface area contributed by atoms with Crippen molar-refractivity contribution in [3.05, 3.63) is 73.8 Å². The quantitative estimate of drug-likeness (QED) is 0.374. The number of rotatable bonds is 4. The lowest BCUT2D eigenvalue weighted by Gasteiger charge is -2.37. The summed E-state index contributed by atoms with van der Waals surface area (Å²) in [5, 5.41) is 33.5. The normalized spacial score (nSPS) is 24.3. The Kier molecular flexibility index (Phi) is 4.43. The van der Waals surface area contributed by atoms with E-state index in [1.807, 2.05) is 0 Å². The minimum absolute atomic E-state index is 0.0169. The van der Waals surface area contributed by atoms with Crippen LogP contribution in [-0.2, 0) is 0 Å². The standard InChI is InChI=1S/C16H13ClN2O7/c1-25-13-7-6-9(8-11(13)18(21)22)15-16(17,19(23)24)14(20)10-4-2-3-5-12(10)26-15/h2-8,14-15,20H,1H3/t14-,15-,16+/m0/s1. The van der Waals surface area contributed by atoms with E-state index in [1.165, 1.54) is 31.4 Å². The van der Waals surface area contributed by atoms with E-state index in [-0.39, 0.29) is 22.6 Å². The second-order valence-electron chi connectivity index (χ2n) is 5.61. The van der Waals surface area contributed by atoms with Crippen molar-refractivity contribution in [3.8, 4) is 11.5 Å². The Morgan fingerprint density at radius 3 is 2.54 bits per heavy atom. The van der Waals surface area contributed by atoms with Gasteiger partial charge in [-0.15, -0.1) is 0 Å². The van der Waals surface area contributed by atoms with E-state index < -0.39 is 32.7 Å². The largest absolute Gasteiger partial charge is 0.490 e. The second kappa shape index (κ2) is 6.43. The van der Waals surface area contributed by atoms with Gasteiger partial charge in [0, 0.05) is 17.2 Å². The molecule has 2 aromatic rings. The molecule has 0 saturated heterocycles. The molecule has 0 unspecified atom stereocenters. The molecule has 0 fully saturated rings. The van der Waals surface area contributed by atoms with Gasteiger partial charge in [0.2, 0.25) is 6.10 Å². The number of para-hydroxylation sites is 1. The van der Waals surface area contributed by atoms with Crippen LogP contribution in [0.1, 0.15) is 23.3 Å². The highest BCUT2D eigenvalue weighted by molar-refractivity contribution is 6.23. The predicted octanol–water partition coefficient (Wildman–Crippen LogP) is 2.98. The fraction of sp³-hybridized carbons (Fsp3) is 0.250. The molecule has 3 atom stereocenters. The molecule has 1 aliphatic rings. The Morgan fingerprint density at radius 1 is 1.23 bits per heavy atom. The van der Waals surface area contributed by atoms with E-state index in [4.69, 9.17) is 21.1 Å². The maximum absolute atomic E-state index is 11.7. The number of halogens is 1. The van der Waals surface area contributed by atoms with Crippen LogP contribution >= 0.6 is 11.6 Å². The number of aliphatic hydroxyl groups is 1.